The van der Waals surface area contributed by atoms with E-state index in [0.29, 0.717) is 0 Å². The molecular weight excluding hydrogens is 724 g/mol. The third-order valence-electron chi connectivity index (χ3n) is 7.31. The number of hydrogen-bond acceptors (Lipinski definition) is 12. The lowest BCUT2D eigenvalue weighted by atomic mass is 10.4. The Balaban J connectivity index is 3.39. The molecule has 1 fully saturated rings. The second kappa shape index (κ2) is 20.4. The fourth-order valence-corrected chi connectivity index (χ4v) is 11.1. The maximum absolute atomic E-state index is 12.9. The number of carbonyl (C=O) groups is 4. The molecule has 280 valence electrons. The van der Waals surface area contributed by atoms with Crippen LogP contribution in [0.15, 0.2) is 0 Å². The van der Waals surface area contributed by atoms with Crippen molar-refractivity contribution in [3.8, 4) is 0 Å². The molecule has 24 heteroatoms. The van der Waals surface area contributed by atoms with Crippen LogP contribution in [0.3, 0.4) is 0 Å². The first-order valence-corrected chi connectivity index (χ1v) is 23.1. The zero-order valence-corrected chi connectivity index (χ0v) is 30.1. The van der Waals surface area contributed by atoms with Gasteiger partial charge < -0.3 is 40.0 Å². The number of rotatable bonds is 20. The normalized spacial score (nSPS) is 21.8. The van der Waals surface area contributed by atoms with Gasteiger partial charge in [0.2, 0.25) is 29.5 Å². The highest BCUT2D eigenvalue weighted by Gasteiger charge is 2.31. The molecule has 8 N–H and O–H groups in total. The Hall–Kier alpha value is -1.52. The first-order chi connectivity index (χ1) is 22.0. The predicted octanol–water partition coefficient (Wildman–Crippen LogP) is 0.0184. The summed E-state index contributed by atoms with van der Waals surface area (Å²) in [5, 5.41) is 35.9. The molecule has 48 heavy (non-hydrogen) atoms. The average Bonchev–Trinajstić information content (AvgIpc) is 2.94. The van der Waals surface area contributed by atoms with E-state index in [1.54, 1.807) is 0 Å². The van der Waals surface area contributed by atoms with E-state index in [2.05, 4.69) is 0 Å². The van der Waals surface area contributed by atoms with Crippen molar-refractivity contribution in [3.05, 3.63) is 0 Å². The lowest BCUT2D eigenvalue weighted by molar-refractivity contribution is -0.137. The van der Waals surface area contributed by atoms with Crippen LogP contribution in [0.4, 0.5) is 0 Å². The Morgan fingerprint density at radius 3 is 0.646 bits per heavy atom. The molecular formula is C24H48N4O16P4. The van der Waals surface area contributed by atoms with Gasteiger partial charge in [-0.25, -0.2) is 0 Å². The van der Waals surface area contributed by atoms with Crippen molar-refractivity contribution in [2.75, 3.05) is 102 Å². The molecule has 0 radical (unpaired) electrons. The van der Waals surface area contributed by atoms with E-state index < -0.39 is 129 Å². The summed E-state index contributed by atoms with van der Waals surface area (Å²) in [5.41, 5.74) is 0. The maximum Gasteiger partial charge on any atom is 0.303 e. The van der Waals surface area contributed by atoms with Crippen LogP contribution in [0.25, 0.3) is 0 Å². The molecule has 0 saturated carbocycles. The molecule has 4 atom stereocenters. The summed E-state index contributed by atoms with van der Waals surface area (Å²) in [5.74, 6) is -5.13. The molecule has 1 heterocycles. The van der Waals surface area contributed by atoms with E-state index in [0.717, 1.165) is 0 Å². The van der Waals surface area contributed by atoms with Crippen molar-refractivity contribution in [1.82, 2.24) is 19.6 Å². The molecule has 20 nitrogen and oxygen atoms in total. The van der Waals surface area contributed by atoms with Gasteiger partial charge in [-0.1, -0.05) is 0 Å². The molecule has 0 aromatic rings. The number of hydrogen-bond donors (Lipinski definition) is 8. The summed E-state index contributed by atoms with van der Waals surface area (Å²) in [4.78, 5) is 92.1. The Labute approximate surface area is 278 Å². The quantitative estimate of drug-likeness (QED) is 0.0756. The minimum absolute atomic E-state index is 0.0166. The van der Waals surface area contributed by atoms with E-state index in [1.807, 2.05) is 0 Å². The Kier molecular flexibility index (Phi) is 18.9. The highest BCUT2D eigenvalue weighted by molar-refractivity contribution is 7.58. The molecule has 1 aliphatic rings. The van der Waals surface area contributed by atoms with Crippen molar-refractivity contribution < 1.29 is 77.4 Å². The van der Waals surface area contributed by atoms with Crippen molar-refractivity contribution in [2.24, 2.45) is 0 Å². The van der Waals surface area contributed by atoms with Crippen LogP contribution in [0.5, 0.6) is 0 Å². The van der Waals surface area contributed by atoms with Crippen molar-refractivity contribution >= 4 is 53.4 Å². The minimum Gasteiger partial charge on any atom is -0.481 e. The Morgan fingerprint density at radius 2 is 0.521 bits per heavy atom. The number of carboxylic acid groups (broad SMARTS) is 4. The third-order valence-corrected chi connectivity index (χ3v) is 14.4. The van der Waals surface area contributed by atoms with Gasteiger partial charge in [0.25, 0.3) is 0 Å². The van der Waals surface area contributed by atoms with Gasteiger partial charge in [-0.3, -0.25) is 57.0 Å². The topological polar surface area (TPSA) is 311 Å². The van der Waals surface area contributed by atoms with Crippen LogP contribution in [0.1, 0.15) is 25.7 Å². The largest absolute Gasteiger partial charge is 0.481 e. The summed E-state index contributed by atoms with van der Waals surface area (Å²) >= 11 is 0. The average molecular weight is 773 g/mol. The van der Waals surface area contributed by atoms with Crippen molar-refractivity contribution in [1.29, 1.82) is 0 Å². The van der Waals surface area contributed by atoms with Gasteiger partial charge in [-0.15, -0.1) is 0 Å². The highest BCUT2D eigenvalue weighted by Crippen LogP contribution is 2.45. The molecule has 0 bridgehead atoms. The molecule has 0 spiro atoms. The van der Waals surface area contributed by atoms with Gasteiger partial charge in [0.05, 0.1) is 50.8 Å². The molecule has 1 saturated heterocycles. The SMILES string of the molecule is O=C(O)CCP(=O)(O)CN1CCN(CP(=O)(O)CCC(=O)O)CCN(CP(=O)(O)CCC(=O)O)CCN(CP(=O)(O)CCC(=O)O)CC1. The van der Waals surface area contributed by atoms with Crippen molar-refractivity contribution in [2.45, 2.75) is 25.7 Å². The molecule has 1 aliphatic heterocycles. The first kappa shape index (κ1) is 44.5. The van der Waals surface area contributed by atoms with Gasteiger partial charge in [0, 0.05) is 77.0 Å². The van der Waals surface area contributed by atoms with Crippen LogP contribution >= 0.6 is 29.5 Å². The maximum atomic E-state index is 12.9. The molecule has 0 aromatic carbocycles. The zero-order valence-electron chi connectivity index (χ0n) is 26.6. The second-order valence-electron chi connectivity index (χ2n) is 11.9. The minimum atomic E-state index is -4.04. The zero-order chi connectivity index (χ0) is 36.8. The van der Waals surface area contributed by atoms with Crippen LogP contribution in [0.2, 0.25) is 0 Å². The number of carboxylic acids is 4. The van der Waals surface area contributed by atoms with Gasteiger partial charge in [-0.2, -0.15) is 0 Å². The first-order valence-electron chi connectivity index (χ1n) is 15.0. The second-order valence-corrected chi connectivity index (χ2v) is 21.6. The monoisotopic (exact) mass is 772 g/mol. The van der Waals surface area contributed by atoms with E-state index in [1.165, 1.54) is 19.6 Å². The Morgan fingerprint density at radius 1 is 0.375 bits per heavy atom. The molecule has 0 aliphatic carbocycles. The Bertz CT molecular complexity index is 1090. The smallest absolute Gasteiger partial charge is 0.303 e. The summed E-state index contributed by atoms with van der Waals surface area (Å²) < 4.78 is 51.6. The standard InChI is InChI=1S/C24H48N4O16P4/c29-21(30)1-13-45(37,38)17-25-5-7-26(18-46(39,40)14-2-22(31)32)9-11-28(20-48(43,44)16-4-24(35)36)12-10-27(8-6-25)19-47(41,42)15-3-23(33)34/h1-20H2,(H,29,30)(H,31,32)(H,33,34)(H,35,36)(H,37,38)(H,39,40)(H,41,42)(H,43,44). The van der Waals surface area contributed by atoms with E-state index in [9.17, 15) is 57.0 Å². The van der Waals surface area contributed by atoms with Gasteiger partial charge in [-0.05, 0) is 0 Å². The summed E-state index contributed by atoms with van der Waals surface area (Å²) in [7, 11) is -16.2. The fourth-order valence-electron chi connectivity index (χ4n) is 4.76. The fraction of sp³-hybridized carbons (Fsp3) is 0.833. The molecule has 4 unspecified atom stereocenters. The molecule has 1 rings (SSSR count). The third kappa shape index (κ3) is 21.5. The van der Waals surface area contributed by atoms with Crippen LogP contribution in [-0.4, -0.2) is 186 Å². The van der Waals surface area contributed by atoms with Gasteiger partial charge in [0.15, 0.2) is 0 Å². The summed E-state index contributed by atoms with van der Waals surface area (Å²) in [6.45, 7) is -0.133. The van der Waals surface area contributed by atoms with Gasteiger partial charge in [0.1, 0.15) is 0 Å². The van der Waals surface area contributed by atoms with Crippen LogP contribution in [-0.2, 0) is 37.4 Å². The highest BCUT2D eigenvalue weighted by atomic mass is 31.2. The number of aliphatic carboxylic acids is 4. The van der Waals surface area contributed by atoms with Gasteiger partial charge >= 0.3 is 23.9 Å². The molecule has 0 aromatic heterocycles. The van der Waals surface area contributed by atoms with Crippen molar-refractivity contribution in [3.63, 3.8) is 0 Å². The van der Waals surface area contributed by atoms with Crippen LogP contribution in [0, 0.1) is 0 Å². The van der Waals surface area contributed by atoms with Crippen LogP contribution < -0.4 is 0 Å². The molecule has 0 amide bonds. The van der Waals surface area contributed by atoms with E-state index >= 15 is 0 Å². The van der Waals surface area contributed by atoms with E-state index in [4.69, 9.17) is 20.4 Å². The van der Waals surface area contributed by atoms with E-state index in [-0.39, 0.29) is 52.4 Å². The predicted molar refractivity (Wildman–Crippen MR) is 174 cm³/mol. The lowest BCUT2D eigenvalue weighted by Gasteiger charge is -2.36. The lowest BCUT2D eigenvalue weighted by Crippen LogP contribution is -2.46. The summed E-state index contributed by atoms with van der Waals surface area (Å²) in [6, 6.07) is 0. The summed E-state index contributed by atoms with van der Waals surface area (Å²) in [6.07, 6.45) is -6.35. The number of nitrogens with zero attached hydrogens (tertiary/aromatic N) is 4.